The molecule has 1 unspecified atom stereocenters. The van der Waals surface area contributed by atoms with Crippen LogP contribution in [0.15, 0.2) is 42.1 Å². The van der Waals surface area contributed by atoms with Gasteiger partial charge in [-0.1, -0.05) is 29.6 Å². The molecule has 8 nitrogen and oxygen atoms in total. The van der Waals surface area contributed by atoms with Gasteiger partial charge >= 0.3 is 0 Å². The maximum absolute atomic E-state index is 13.9. The van der Waals surface area contributed by atoms with E-state index in [0.29, 0.717) is 12.2 Å². The summed E-state index contributed by atoms with van der Waals surface area (Å²) in [5.74, 6) is -3.03. The molecule has 0 saturated heterocycles. The lowest BCUT2D eigenvalue weighted by molar-refractivity contribution is 0.103. The molecule has 0 radical (unpaired) electrons. The molecule has 1 aromatic heterocycles. The fourth-order valence-corrected chi connectivity index (χ4v) is 4.94. The molecule has 0 amide bonds. The van der Waals surface area contributed by atoms with E-state index in [2.05, 4.69) is 20.3 Å². The van der Waals surface area contributed by atoms with E-state index in [1.807, 2.05) is 0 Å². The molecule has 1 aliphatic carbocycles. The highest BCUT2D eigenvalue weighted by Gasteiger charge is 2.26. The summed E-state index contributed by atoms with van der Waals surface area (Å²) in [7, 11) is -1.77. The van der Waals surface area contributed by atoms with Gasteiger partial charge in [0.1, 0.15) is 22.3 Å². The molecule has 2 aromatic rings. The van der Waals surface area contributed by atoms with E-state index in [4.69, 9.17) is 5.73 Å². The van der Waals surface area contributed by atoms with Crippen molar-refractivity contribution >= 4 is 38.1 Å². The lowest BCUT2D eigenvalue weighted by atomic mass is 10.1. The van der Waals surface area contributed by atoms with E-state index < -0.39 is 38.3 Å². The maximum Gasteiger partial charge on any atom is 0.218 e. The predicted octanol–water partition coefficient (Wildman–Crippen LogP) is 2.00. The van der Waals surface area contributed by atoms with Gasteiger partial charge in [-0.3, -0.25) is 4.79 Å². The van der Waals surface area contributed by atoms with Gasteiger partial charge in [0.05, 0.1) is 10.8 Å². The number of benzene rings is 1. The Labute approximate surface area is 182 Å². The molecule has 12 heteroatoms. The smallest absolute Gasteiger partial charge is 0.218 e. The number of anilines is 2. The molecule has 0 saturated carbocycles. The van der Waals surface area contributed by atoms with Crippen molar-refractivity contribution in [2.45, 2.75) is 11.7 Å². The second-order valence-electron chi connectivity index (χ2n) is 6.62. The second-order valence-corrected chi connectivity index (χ2v) is 9.60. The van der Waals surface area contributed by atoms with Crippen LogP contribution in [-0.4, -0.2) is 44.6 Å². The first-order valence-corrected chi connectivity index (χ1v) is 11.6. The average molecular weight is 470 g/mol. The number of nitrogens with one attached hydrogen (secondary N) is 3. The molecule has 0 aliphatic heterocycles. The number of nitrogen functional groups attached to an aromatic ring is 1. The molecule has 1 aromatic carbocycles. The molecule has 31 heavy (non-hydrogen) atoms. The second kappa shape index (κ2) is 9.64. The Morgan fingerprint density at radius 2 is 2.00 bits per heavy atom. The Balaban J connectivity index is 1.70. The SMILES string of the molecule is CNCCNS(=O)(=O)C1C=CC(Nc2nc(N)c(C(=O)c3c(F)cccc3F)s2)=CC1. The first-order valence-electron chi connectivity index (χ1n) is 9.26. The van der Waals surface area contributed by atoms with E-state index >= 15 is 0 Å². The third kappa shape index (κ3) is 5.34. The number of aromatic nitrogens is 1. The molecule has 0 bridgehead atoms. The number of carbonyl (C=O) groups is 1. The molecular weight excluding hydrogens is 448 g/mol. The number of sulfonamides is 1. The molecular formula is C19H21F2N5O3S2. The number of allylic oxidation sites excluding steroid dienone is 2. The fraction of sp³-hybridized carbons (Fsp3) is 0.263. The van der Waals surface area contributed by atoms with Crippen LogP contribution in [0, 0.1) is 11.6 Å². The summed E-state index contributed by atoms with van der Waals surface area (Å²) >= 11 is 0.851. The Kier molecular flexibility index (Phi) is 7.15. The largest absolute Gasteiger partial charge is 0.382 e. The molecule has 1 heterocycles. The van der Waals surface area contributed by atoms with Crippen LogP contribution in [0.1, 0.15) is 21.7 Å². The Morgan fingerprint density at radius 1 is 1.29 bits per heavy atom. The van der Waals surface area contributed by atoms with E-state index in [1.54, 1.807) is 25.3 Å². The number of nitrogens with two attached hydrogens (primary N) is 1. The fourth-order valence-electron chi connectivity index (χ4n) is 2.85. The summed E-state index contributed by atoms with van der Waals surface area (Å²) in [5, 5.41) is 5.33. The topological polar surface area (TPSA) is 126 Å². The summed E-state index contributed by atoms with van der Waals surface area (Å²) < 4.78 is 54.9. The number of nitrogens with zero attached hydrogens (tertiary/aromatic N) is 1. The van der Waals surface area contributed by atoms with Crippen LogP contribution in [0.3, 0.4) is 0 Å². The number of hydrogen-bond acceptors (Lipinski definition) is 8. The van der Waals surface area contributed by atoms with Crippen molar-refractivity contribution in [2.75, 3.05) is 31.2 Å². The summed E-state index contributed by atoms with van der Waals surface area (Å²) in [5.41, 5.74) is 5.65. The number of ketones is 1. The molecule has 3 rings (SSSR count). The van der Waals surface area contributed by atoms with Crippen LogP contribution < -0.4 is 21.1 Å². The summed E-state index contributed by atoms with van der Waals surface area (Å²) in [6.45, 7) is 0.803. The minimum absolute atomic E-state index is 0.0962. The van der Waals surface area contributed by atoms with Crippen molar-refractivity contribution in [2.24, 2.45) is 0 Å². The van der Waals surface area contributed by atoms with Crippen molar-refractivity contribution in [3.63, 3.8) is 0 Å². The third-order valence-corrected chi connectivity index (χ3v) is 7.18. The summed E-state index contributed by atoms with van der Waals surface area (Å²) in [6, 6.07) is 3.14. The predicted molar refractivity (Wildman–Crippen MR) is 116 cm³/mol. The Hall–Kier alpha value is -2.67. The Bertz CT molecular complexity index is 1130. The molecule has 0 spiro atoms. The van der Waals surface area contributed by atoms with E-state index in [1.165, 1.54) is 0 Å². The zero-order chi connectivity index (χ0) is 22.6. The molecule has 166 valence electrons. The minimum atomic E-state index is -3.50. The van der Waals surface area contributed by atoms with Gasteiger partial charge in [-0.05, 0) is 31.7 Å². The number of rotatable bonds is 9. The molecule has 5 N–H and O–H groups in total. The zero-order valence-corrected chi connectivity index (χ0v) is 18.1. The average Bonchev–Trinajstić information content (AvgIpc) is 3.08. The van der Waals surface area contributed by atoms with Gasteiger partial charge in [-0.15, -0.1) is 0 Å². The van der Waals surface area contributed by atoms with Gasteiger partial charge in [0.2, 0.25) is 15.8 Å². The first-order chi connectivity index (χ1) is 14.7. The van der Waals surface area contributed by atoms with Crippen LogP contribution in [0.5, 0.6) is 0 Å². The summed E-state index contributed by atoms with van der Waals surface area (Å²) in [4.78, 5) is 16.5. The van der Waals surface area contributed by atoms with Gasteiger partial charge in [-0.25, -0.2) is 26.9 Å². The van der Waals surface area contributed by atoms with E-state index in [0.717, 1.165) is 29.5 Å². The number of carbonyl (C=O) groups excluding carboxylic acids is 1. The lowest BCUT2D eigenvalue weighted by Crippen LogP contribution is -2.37. The number of thiazole rings is 1. The van der Waals surface area contributed by atoms with Crippen LogP contribution in [0.2, 0.25) is 0 Å². The Morgan fingerprint density at radius 3 is 2.61 bits per heavy atom. The van der Waals surface area contributed by atoms with Gasteiger partial charge in [0.25, 0.3) is 0 Å². The zero-order valence-electron chi connectivity index (χ0n) is 16.5. The van der Waals surface area contributed by atoms with Crippen molar-refractivity contribution in [3.8, 4) is 0 Å². The van der Waals surface area contributed by atoms with Crippen LogP contribution in [-0.2, 0) is 10.0 Å². The molecule has 1 atom stereocenters. The lowest BCUT2D eigenvalue weighted by Gasteiger charge is -2.17. The highest BCUT2D eigenvalue weighted by Crippen LogP contribution is 2.30. The third-order valence-electron chi connectivity index (χ3n) is 4.44. The van der Waals surface area contributed by atoms with Gasteiger partial charge in [0.15, 0.2) is 5.13 Å². The van der Waals surface area contributed by atoms with Crippen molar-refractivity contribution < 1.29 is 22.0 Å². The highest BCUT2D eigenvalue weighted by molar-refractivity contribution is 7.90. The number of halogens is 2. The van der Waals surface area contributed by atoms with Crippen LogP contribution in [0.4, 0.5) is 19.7 Å². The van der Waals surface area contributed by atoms with Crippen molar-refractivity contribution in [1.29, 1.82) is 0 Å². The normalized spacial score (nSPS) is 16.2. The van der Waals surface area contributed by atoms with Gasteiger partial charge in [0, 0.05) is 18.8 Å². The van der Waals surface area contributed by atoms with Crippen LogP contribution >= 0.6 is 11.3 Å². The maximum atomic E-state index is 13.9. The first kappa shape index (κ1) is 23.0. The van der Waals surface area contributed by atoms with Crippen LogP contribution in [0.25, 0.3) is 0 Å². The monoisotopic (exact) mass is 469 g/mol. The standard InChI is InChI=1S/C19H21F2N5O3S2/c1-23-9-10-24-31(28,29)12-7-5-11(6-8-12)25-19-26-18(22)17(30-19)16(27)15-13(20)3-2-4-14(15)21/h2-7,12,23-24H,8-10,22H2,1H3,(H,25,26). The molecule has 1 aliphatic rings. The van der Waals surface area contributed by atoms with Crippen molar-refractivity contribution in [3.05, 3.63) is 64.2 Å². The van der Waals surface area contributed by atoms with Gasteiger partial charge in [-0.2, -0.15) is 0 Å². The number of likely N-dealkylation sites (N-methyl/N-ethyl adjacent to an activating group) is 1. The van der Waals surface area contributed by atoms with E-state index in [-0.39, 0.29) is 28.8 Å². The number of hydrogen-bond donors (Lipinski definition) is 4. The minimum Gasteiger partial charge on any atom is -0.382 e. The van der Waals surface area contributed by atoms with E-state index in [9.17, 15) is 22.0 Å². The molecule has 0 fully saturated rings. The highest BCUT2D eigenvalue weighted by atomic mass is 32.2. The van der Waals surface area contributed by atoms with Gasteiger partial charge < -0.3 is 16.4 Å². The summed E-state index contributed by atoms with van der Waals surface area (Å²) in [6.07, 6.45) is 5.04. The van der Waals surface area contributed by atoms with Crippen molar-refractivity contribution in [1.82, 2.24) is 15.0 Å². The quantitative estimate of drug-likeness (QED) is 0.327.